The molecule has 2 atom stereocenters. The first kappa shape index (κ1) is 19.6. The third-order valence-electron chi connectivity index (χ3n) is 6.08. The van der Waals surface area contributed by atoms with Crippen LogP contribution >= 0.6 is 0 Å². The molecule has 1 saturated heterocycles. The van der Waals surface area contributed by atoms with Crippen molar-refractivity contribution in [3.05, 3.63) is 35.9 Å². The number of hydrogen-bond donors (Lipinski definition) is 0. The van der Waals surface area contributed by atoms with Crippen LogP contribution in [0.5, 0.6) is 0 Å². The Morgan fingerprint density at radius 3 is 2.12 bits per heavy atom. The lowest BCUT2D eigenvalue weighted by atomic mass is 9.69. The Morgan fingerprint density at radius 2 is 1.58 bits per heavy atom. The van der Waals surface area contributed by atoms with Crippen LogP contribution in [0, 0.1) is 5.41 Å². The van der Waals surface area contributed by atoms with Crippen molar-refractivity contribution in [3.63, 3.8) is 0 Å². The van der Waals surface area contributed by atoms with E-state index in [9.17, 15) is 0 Å². The third kappa shape index (κ3) is 3.46. The summed E-state index contributed by atoms with van der Waals surface area (Å²) in [6, 6.07) is 13.4. The molecule has 1 fully saturated rings. The van der Waals surface area contributed by atoms with Crippen LogP contribution in [-0.2, 0) is 24.8 Å². The second kappa shape index (κ2) is 7.66. The van der Waals surface area contributed by atoms with Gasteiger partial charge < -0.3 is 0 Å². The fraction of sp³-hybridized carbons (Fsp3) is 0.684. The highest BCUT2D eigenvalue weighted by atomic mass is 28.4. The van der Waals surface area contributed by atoms with Crippen molar-refractivity contribution in [1.29, 1.82) is 0 Å². The highest BCUT2D eigenvalue weighted by Gasteiger charge is 2.56. The molecule has 1 aliphatic heterocycles. The van der Waals surface area contributed by atoms with Crippen LogP contribution in [0.3, 0.4) is 0 Å². The first-order chi connectivity index (χ1) is 11.3. The molecule has 0 spiro atoms. The lowest BCUT2D eigenvalue weighted by Crippen LogP contribution is -2.43. The summed E-state index contributed by atoms with van der Waals surface area (Å²) in [6.45, 7) is 13.3. The van der Waals surface area contributed by atoms with Crippen LogP contribution in [0.25, 0.3) is 0 Å². The quantitative estimate of drug-likeness (QED) is 0.365. The standard InChI is InChI=1S/C19H32O4Si/c1-7-24(8-2,9-3)23-20-15-17-18(4,5)19(6,22-21-17)16-13-11-10-12-14-16/h10-14,17H,7-9,15H2,1-6H3. The zero-order valence-corrected chi connectivity index (χ0v) is 16.9. The molecule has 1 aromatic rings. The highest BCUT2D eigenvalue weighted by molar-refractivity contribution is 6.73. The van der Waals surface area contributed by atoms with E-state index in [1.165, 1.54) is 0 Å². The van der Waals surface area contributed by atoms with Gasteiger partial charge in [0.25, 0.3) is 0 Å². The van der Waals surface area contributed by atoms with Crippen LogP contribution in [-0.4, -0.2) is 21.0 Å². The summed E-state index contributed by atoms with van der Waals surface area (Å²) in [5.41, 5.74) is 0.349. The van der Waals surface area contributed by atoms with Crippen LogP contribution < -0.4 is 0 Å². The Kier molecular flexibility index (Phi) is 6.26. The fourth-order valence-corrected chi connectivity index (χ4v) is 5.42. The first-order valence-corrected chi connectivity index (χ1v) is 11.6. The van der Waals surface area contributed by atoms with E-state index in [1.54, 1.807) is 0 Å². The van der Waals surface area contributed by atoms with Crippen LogP contribution in [0.2, 0.25) is 18.1 Å². The van der Waals surface area contributed by atoms with Crippen molar-refractivity contribution in [1.82, 2.24) is 0 Å². The van der Waals surface area contributed by atoms with Gasteiger partial charge in [-0.25, -0.2) is 14.7 Å². The van der Waals surface area contributed by atoms with Crippen LogP contribution in [0.15, 0.2) is 30.3 Å². The maximum absolute atomic E-state index is 5.91. The average Bonchev–Trinajstić information content (AvgIpc) is 2.84. The zero-order chi connectivity index (χ0) is 17.8. The summed E-state index contributed by atoms with van der Waals surface area (Å²) in [4.78, 5) is 17.1. The lowest BCUT2D eigenvalue weighted by molar-refractivity contribution is -0.343. The number of benzene rings is 1. The Bertz CT molecular complexity index is 507. The summed E-state index contributed by atoms with van der Waals surface area (Å²) < 4.78 is 5.91. The van der Waals surface area contributed by atoms with Gasteiger partial charge in [-0.1, -0.05) is 65.0 Å². The summed E-state index contributed by atoms with van der Waals surface area (Å²) in [7, 11) is -1.75. The lowest BCUT2D eigenvalue weighted by Gasteiger charge is -2.36. The van der Waals surface area contributed by atoms with Gasteiger partial charge in [-0.15, -0.1) is 0 Å². The van der Waals surface area contributed by atoms with E-state index in [2.05, 4.69) is 53.7 Å². The predicted octanol–water partition coefficient (Wildman–Crippen LogP) is 5.21. The monoisotopic (exact) mass is 352 g/mol. The van der Waals surface area contributed by atoms with E-state index in [-0.39, 0.29) is 11.5 Å². The summed E-state index contributed by atoms with van der Waals surface area (Å²) in [6.07, 6.45) is -0.181. The second-order valence-electron chi connectivity index (χ2n) is 7.40. The molecule has 24 heavy (non-hydrogen) atoms. The SMILES string of the molecule is CC[Si](CC)(CC)OOCC1OOC(C)(c2ccccc2)C1(C)C. The van der Waals surface area contributed by atoms with E-state index in [0.717, 1.165) is 23.7 Å². The molecule has 0 saturated carbocycles. The topological polar surface area (TPSA) is 36.9 Å². The van der Waals surface area contributed by atoms with Crippen LogP contribution in [0.4, 0.5) is 0 Å². The van der Waals surface area contributed by atoms with E-state index >= 15 is 0 Å². The molecule has 5 heteroatoms. The van der Waals surface area contributed by atoms with Gasteiger partial charge >= 0.3 is 0 Å². The molecule has 0 N–H and O–H groups in total. The third-order valence-corrected chi connectivity index (χ3v) is 10.4. The van der Waals surface area contributed by atoms with Gasteiger partial charge in [-0.2, -0.15) is 0 Å². The summed E-state index contributed by atoms with van der Waals surface area (Å²) in [5.74, 6) is 0. The summed E-state index contributed by atoms with van der Waals surface area (Å²) in [5, 5.41) is 0. The van der Waals surface area contributed by atoms with Gasteiger partial charge in [0, 0.05) is 5.41 Å². The molecular weight excluding hydrogens is 320 g/mol. The molecular formula is C19H32O4Si. The smallest absolute Gasteiger partial charge is 0.238 e. The predicted molar refractivity (Wildman–Crippen MR) is 97.8 cm³/mol. The number of rotatable bonds is 8. The Morgan fingerprint density at radius 1 is 1.00 bits per heavy atom. The molecule has 2 rings (SSSR count). The molecule has 136 valence electrons. The van der Waals surface area contributed by atoms with E-state index in [1.807, 2.05) is 18.2 Å². The minimum absolute atomic E-state index is 0.181. The molecule has 1 aromatic carbocycles. The largest absolute Gasteiger partial charge is 0.286 e. The molecule has 1 heterocycles. The molecule has 2 unspecified atom stereocenters. The Balaban J connectivity index is 2.04. The molecule has 1 aliphatic rings. The molecule has 0 radical (unpaired) electrons. The Labute approximate surface area is 147 Å². The molecule has 0 bridgehead atoms. The van der Waals surface area contributed by atoms with Crippen molar-refractivity contribution in [2.24, 2.45) is 5.41 Å². The Hall–Kier alpha value is -0.723. The van der Waals surface area contributed by atoms with Gasteiger partial charge in [-0.3, -0.25) is 4.58 Å². The molecule has 4 nitrogen and oxygen atoms in total. The normalized spacial score (nSPS) is 26.7. The van der Waals surface area contributed by atoms with Crippen molar-refractivity contribution < 1.29 is 19.2 Å². The minimum Gasteiger partial charge on any atom is -0.286 e. The van der Waals surface area contributed by atoms with Crippen molar-refractivity contribution in [2.75, 3.05) is 6.61 Å². The van der Waals surface area contributed by atoms with Crippen LogP contribution in [0.1, 0.15) is 47.1 Å². The minimum atomic E-state index is -1.75. The van der Waals surface area contributed by atoms with Gasteiger partial charge in [0.2, 0.25) is 8.32 Å². The van der Waals surface area contributed by atoms with Gasteiger partial charge in [0.15, 0.2) is 0 Å². The maximum atomic E-state index is 5.91. The average molecular weight is 353 g/mol. The fourth-order valence-electron chi connectivity index (χ4n) is 3.25. The van der Waals surface area contributed by atoms with Crippen molar-refractivity contribution in [2.45, 2.75) is 71.4 Å². The van der Waals surface area contributed by atoms with Crippen molar-refractivity contribution in [3.8, 4) is 0 Å². The molecule has 0 aromatic heterocycles. The van der Waals surface area contributed by atoms with Gasteiger partial charge in [-0.05, 0) is 30.6 Å². The number of hydrogen-bond acceptors (Lipinski definition) is 4. The molecule has 0 aliphatic carbocycles. The highest BCUT2D eigenvalue weighted by Crippen LogP contribution is 2.51. The van der Waals surface area contributed by atoms with Gasteiger partial charge in [0.05, 0.1) is 0 Å². The first-order valence-electron chi connectivity index (χ1n) is 9.06. The molecule has 0 amide bonds. The zero-order valence-electron chi connectivity index (χ0n) is 15.9. The van der Waals surface area contributed by atoms with Crippen molar-refractivity contribution >= 4 is 8.32 Å². The summed E-state index contributed by atoms with van der Waals surface area (Å²) >= 11 is 0. The van der Waals surface area contributed by atoms with Gasteiger partial charge in [0.1, 0.15) is 18.3 Å². The second-order valence-corrected chi connectivity index (χ2v) is 12.1. The van der Waals surface area contributed by atoms with E-state index < -0.39 is 13.9 Å². The van der Waals surface area contributed by atoms with E-state index in [0.29, 0.717) is 6.61 Å². The maximum Gasteiger partial charge on any atom is 0.238 e. The van der Waals surface area contributed by atoms with E-state index in [4.69, 9.17) is 19.2 Å².